The number of amides is 1. The van der Waals surface area contributed by atoms with Crippen LogP contribution in [0.4, 0.5) is 0 Å². The fraction of sp³-hybridized carbons (Fsp3) is 0.353. The molecule has 0 fully saturated rings. The van der Waals surface area contributed by atoms with Gasteiger partial charge in [-0.1, -0.05) is 43.2 Å². The molecule has 2 aromatic carbocycles. The van der Waals surface area contributed by atoms with Gasteiger partial charge in [-0.05, 0) is 42.3 Å². The molecule has 106 valence electrons. The Morgan fingerprint density at radius 1 is 0.950 bits per heavy atom. The SMILES string of the molecule is NCCCCCCNC(=O)c1ccc2ccccc2c1. The van der Waals surface area contributed by atoms with Crippen LogP contribution in [0.2, 0.25) is 0 Å². The van der Waals surface area contributed by atoms with Crippen LogP contribution >= 0.6 is 0 Å². The second kappa shape index (κ2) is 7.65. The summed E-state index contributed by atoms with van der Waals surface area (Å²) in [4.78, 5) is 12.0. The summed E-state index contributed by atoms with van der Waals surface area (Å²) < 4.78 is 0. The van der Waals surface area contributed by atoms with Crippen molar-refractivity contribution in [2.45, 2.75) is 25.7 Å². The lowest BCUT2D eigenvalue weighted by Gasteiger charge is -2.06. The van der Waals surface area contributed by atoms with E-state index in [0.717, 1.165) is 55.1 Å². The minimum absolute atomic E-state index is 0.00887. The Balaban J connectivity index is 1.84. The zero-order valence-electron chi connectivity index (χ0n) is 11.8. The highest BCUT2D eigenvalue weighted by molar-refractivity contribution is 5.98. The molecule has 0 spiro atoms. The number of rotatable bonds is 7. The fourth-order valence-corrected chi connectivity index (χ4v) is 2.26. The van der Waals surface area contributed by atoms with Crippen LogP contribution in [0.1, 0.15) is 36.0 Å². The van der Waals surface area contributed by atoms with E-state index in [2.05, 4.69) is 11.4 Å². The Kier molecular flexibility index (Phi) is 5.56. The first-order valence-corrected chi connectivity index (χ1v) is 7.28. The van der Waals surface area contributed by atoms with Gasteiger partial charge in [0.25, 0.3) is 5.91 Å². The Morgan fingerprint density at radius 3 is 2.50 bits per heavy atom. The Bertz CT molecular complexity index is 566. The van der Waals surface area contributed by atoms with Crippen LogP contribution in [0.25, 0.3) is 10.8 Å². The van der Waals surface area contributed by atoms with Crippen LogP contribution in [-0.4, -0.2) is 19.0 Å². The first-order chi connectivity index (χ1) is 9.81. The summed E-state index contributed by atoms with van der Waals surface area (Å²) >= 11 is 0. The van der Waals surface area contributed by atoms with Crippen LogP contribution in [0, 0.1) is 0 Å². The third-order valence-electron chi connectivity index (χ3n) is 3.43. The van der Waals surface area contributed by atoms with Crippen LogP contribution in [-0.2, 0) is 0 Å². The van der Waals surface area contributed by atoms with E-state index in [0.29, 0.717) is 0 Å². The van der Waals surface area contributed by atoms with Crippen molar-refractivity contribution in [3.63, 3.8) is 0 Å². The molecule has 0 saturated heterocycles. The van der Waals surface area contributed by atoms with Crippen LogP contribution in [0.5, 0.6) is 0 Å². The van der Waals surface area contributed by atoms with Gasteiger partial charge < -0.3 is 11.1 Å². The third kappa shape index (κ3) is 4.07. The van der Waals surface area contributed by atoms with Gasteiger partial charge in [0.2, 0.25) is 0 Å². The lowest BCUT2D eigenvalue weighted by Crippen LogP contribution is -2.24. The molecule has 0 aliphatic heterocycles. The predicted octanol–water partition coefficient (Wildman–Crippen LogP) is 3.09. The number of carbonyl (C=O) groups is 1. The van der Waals surface area contributed by atoms with Crippen LogP contribution in [0.15, 0.2) is 42.5 Å². The summed E-state index contributed by atoms with van der Waals surface area (Å²) in [7, 11) is 0. The molecule has 0 radical (unpaired) electrons. The highest BCUT2D eigenvalue weighted by Crippen LogP contribution is 2.15. The number of carbonyl (C=O) groups excluding carboxylic acids is 1. The topological polar surface area (TPSA) is 55.1 Å². The molecule has 1 amide bonds. The molecule has 2 aromatic rings. The van der Waals surface area contributed by atoms with E-state index in [4.69, 9.17) is 5.73 Å². The van der Waals surface area contributed by atoms with Gasteiger partial charge in [-0.2, -0.15) is 0 Å². The van der Waals surface area contributed by atoms with E-state index >= 15 is 0 Å². The molecule has 0 unspecified atom stereocenters. The Morgan fingerprint density at radius 2 is 1.70 bits per heavy atom. The van der Waals surface area contributed by atoms with Crippen molar-refractivity contribution in [1.29, 1.82) is 0 Å². The smallest absolute Gasteiger partial charge is 0.251 e. The lowest BCUT2D eigenvalue weighted by atomic mass is 10.1. The van der Waals surface area contributed by atoms with Crippen molar-refractivity contribution in [2.75, 3.05) is 13.1 Å². The summed E-state index contributed by atoms with van der Waals surface area (Å²) in [5.41, 5.74) is 6.17. The number of fused-ring (bicyclic) bond motifs is 1. The summed E-state index contributed by atoms with van der Waals surface area (Å²) in [5, 5.41) is 5.23. The van der Waals surface area contributed by atoms with Gasteiger partial charge in [0.05, 0.1) is 0 Å². The summed E-state index contributed by atoms with van der Waals surface area (Å²) in [5.74, 6) is 0.00887. The lowest BCUT2D eigenvalue weighted by molar-refractivity contribution is 0.0953. The molecular formula is C17H22N2O. The summed E-state index contributed by atoms with van der Waals surface area (Å²) in [6.45, 7) is 1.49. The predicted molar refractivity (Wildman–Crippen MR) is 83.8 cm³/mol. The maximum atomic E-state index is 12.0. The van der Waals surface area contributed by atoms with E-state index in [-0.39, 0.29) is 5.91 Å². The van der Waals surface area contributed by atoms with Crippen molar-refractivity contribution in [2.24, 2.45) is 5.73 Å². The Labute approximate surface area is 120 Å². The molecule has 3 nitrogen and oxygen atoms in total. The van der Waals surface area contributed by atoms with E-state index in [1.807, 2.05) is 36.4 Å². The average Bonchev–Trinajstić information content (AvgIpc) is 2.50. The number of hydrogen-bond donors (Lipinski definition) is 2. The second-order valence-corrected chi connectivity index (χ2v) is 5.02. The number of benzene rings is 2. The fourth-order valence-electron chi connectivity index (χ4n) is 2.26. The van der Waals surface area contributed by atoms with Gasteiger partial charge in [0.15, 0.2) is 0 Å². The molecule has 3 heteroatoms. The Hall–Kier alpha value is -1.87. The summed E-state index contributed by atoms with van der Waals surface area (Å²) in [6, 6.07) is 13.9. The van der Waals surface area contributed by atoms with Crippen LogP contribution < -0.4 is 11.1 Å². The molecule has 0 heterocycles. The molecule has 0 aliphatic carbocycles. The van der Waals surface area contributed by atoms with Gasteiger partial charge in [-0.3, -0.25) is 4.79 Å². The molecular weight excluding hydrogens is 248 g/mol. The van der Waals surface area contributed by atoms with E-state index in [9.17, 15) is 4.79 Å². The quantitative estimate of drug-likeness (QED) is 0.760. The molecule has 0 bridgehead atoms. The maximum absolute atomic E-state index is 12.0. The van der Waals surface area contributed by atoms with Crippen molar-refractivity contribution < 1.29 is 4.79 Å². The monoisotopic (exact) mass is 270 g/mol. The minimum Gasteiger partial charge on any atom is -0.352 e. The zero-order chi connectivity index (χ0) is 14.2. The molecule has 3 N–H and O–H groups in total. The standard InChI is InChI=1S/C17H22N2O/c18-11-5-1-2-6-12-19-17(20)16-10-9-14-7-3-4-8-15(14)13-16/h3-4,7-10,13H,1-2,5-6,11-12,18H2,(H,19,20). The van der Waals surface area contributed by atoms with Crippen LogP contribution in [0.3, 0.4) is 0 Å². The highest BCUT2D eigenvalue weighted by Gasteiger charge is 2.05. The number of hydrogen-bond acceptors (Lipinski definition) is 2. The number of nitrogens with one attached hydrogen (secondary N) is 1. The molecule has 0 atom stereocenters. The second-order valence-electron chi connectivity index (χ2n) is 5.02. The van der Waals surface area contributed by atoms with Crippen molar-refractivity contribution in [3.05, 3.63) is 48.0 Å². The molecule has 0 saturated carbocycles. The van der Waals surface area contributed by atoms with E-state index in [1.54, 1.807) is 0 Å². The third-order valence-corrected chi connectivity index (χ3v) is 3.43. The van der Waals surface area contributed by atoms with Crippen molar-refractivity contribution in [1.82, 2.24) is 5.32 Å². The molecule has 0 aliphatic rings. The maximum Gasteiger partial charge on any atom is 0.251 e. The minimum atomic E-state index is 0.00887. The van der Waals surface area contributed by atoms with Gasteiger partial charge in [0, 0.05) is 12.1 Å². The normalized spacial score (nSPS) is 10.7. The highest BCUT2D eigenvalue weighted by atomic mass is 16.1. The molecule has 20 heavy (non-hydrogen) atoms. The van der Waals surface area contributed by atoms with Gasteiger partial charge >= 0.3 is 0 Å². The van der Waals surface area contributed by atoms with Gasteiger partial charge in [0.1, 0.15) is 0 Å². The van der Waals surface area contributed by atoms with Crippen molar-refractivity contribution in [3.8, 4) is 0 Å². The van der Waals surface area contributed by atoms with E-state index in [1.165, 1.54) is 0 Å². The first-order valence-electron chi connectivity index (χ1n) is 7.28. The van der Waals surface area contributed by atoms with Gasteiger partial charge in [-0.25, -0.2) is 0 Å². The summed E-state index contributed by atoms with van der Waals surface area (Å²) in [6.07, 6.45) is 4.34. The molecule has 0 aromatic heterocycles. The number of unbranched alkanes of at least 4 members (excludes halogenated alkanes) is 3. The van der Waals surface area contributed by atoms with Crippen molar-refractivity contribution >= 4 is 16.7 Å². The first kappa shape index (κ1) is 14.5. The molecule has 2 rings (SSSR count). The zero-order valence-corrected chi connectivity index (χ0v) is 11.8. The number of nitrogens with two attached hydrogens (primary N) is 1. The average molecular weight is 270 g/mol. The van der Waals surface area contributed by atoms with Gasteiger partial charge in [-0.15, -0.1) is 0 Å². The van der Waals surface area contributed by atoms with E-state index < -0.39 is 0 Å². The largest absolute Gasteiger partial charge is 0.352 e.